The molecule has 16 heavy (non-hydrogen) atoms. The number of nitrogens with zero attached hydrogens (tertiary/aromatic N) is 3. The van der Waals surface area contributed by atoms with Crippen molar-refractivity contribution in [1.82, 2.24) is 14.6 Å². The van der Waals surface area contributed by atoms with Crippen LogP contribution in [-0.4, -0.2) is 14.6 Å². The van der Waals surface area contributed by atoms with Crippen LogP contribution in [0.5, 0.6) is 0 Å². The Hall–Kier alpha value is -1.87. The number of hydrogen-bond acceptors (Lipinski definition) is 2. The molecule has 0 radical (unpaired) electrons. The zero-order valence-corrected chi connectivity index (χ0v) is 9.09. The van der Waals surface area contributed by atoms with Crippen LogP contribution in [0.15, 0.2) is 48.7 Å². The number of fused-ring (bicyclic) bond motifs is 1. The summed E-state index contributed by atoms with van der Waals surface area (Å²) in [7, 11) is 0. The highest BCUT2D eigenvalue weighted by Crippen LogP contribution is 2.19. The fraction of sp³-hybridized carbons (Fsp3) is 0. The molecule has 0 aliphatic rings. The third kappa shape index (κ3) is 1.55. The Morgan fingerprint density at radius 2 is 2.00 bits per heavy atom. The Labute approximate surface area is 97.3 Å². The number of rotatable bonds is 1. The number of benzene rings is 1. The summed E-state index contributed by atoms with van der Waals surface area (Å²) in [4.78, 5) is 4.42. The number of hydrogen-bond donors (Lipinski definition) is 0. The van der Waals surface area contributed by atoms with Gasteiger partial charge < -0.3 is 0 Å². The van der Waals surface area contributed by atoms with Crippen molar-refractivity contribution in [3.63, 3.8) is 0 Å². The van der Waals surface area contributed by atoms with Crippen LogP contribution in [0.1, 0.15) is 0 Å². The van der Waals surface area contributed by atoms with E-state index in [2.05, 4.69) is 10.1 Å². The molecule has 1 aromatic carbocycles. The van der Waals surface area contributed by atoms with Gasteiger partial charge in [0.25, 0.3) is 0 Å². The summed E-state index contributed by atoms with van der Waals surface area (Å²) in [5, 5.41) is 5.06. The monoisotopic (exact) mass is 229 g/mol. The second kappa shape index (κ2) is 3.61. The number of halogens is 1. The van der Waals surface area contributed by atoms with Gasteiger partial charge in [-0.2, -0.15) is 0 Å². The van der Waals surface area contributed by atoms with Gasteiger partial charge in [-0.15, -0.1) is 5.10 Å². The highest BCUT2D eigenvalue weighted by atomic mass is 35.5. The van der Waals surface area contributed by atoms with E-state index in [1.54, 1.807) is 4.52 Å². The van der Waals surface area contributed by atoms with Gasteiger partial charge in [0.1, 0.15) is 0 Å². The SMILES string of the molecule is Clc1cccc(-c2nc3ccccn3n2)c1. The van der Waals surface area contributed by atoms with E-state index in [0.29, 0.717) is 10.8 Å². The molecule has 0 unspecified atom stereocenters. The number of aromatic nitrogens is 3. The average molecular weight is 230 g/mol. The lowest BCUT2D eigenvalue weighted by Crippen LogP contribution is -1.84. The van der Waals surface area contributed by atoms with Gasteiger partial charge in [-0.1, -0.05) is 29.8 Å². The third-order valence-electron chi connectivity index (χ3n) is 2.32. The van der Waals surface area contributed by atoms with Crippen molar-refractivity contribution in [3.05, 3.63) is 53.7 Å². The second-order valence-corrected chi connectivity index (χ2v) is 3.89. The third-order valence-corrected chi connectivity index (χ3v) is 2.56. The van der Waals surface area contributed by atoms with Crippen molar-refractivity contribution in [1.29, 1.82) is 0 Å². The van der Waals surface area contributed by atoms with Gasteiger partial charge in [0.05, 0.1) is 0 Å². The molecule has 0 aliphatic heterocycles. The molecule has 3 nitrogen and oxygen atoms in total. The zero-order chi connectivity index (χ0) is 11.0. The van der Waals surface area contributed by atoms with Crippen molar-refractivity contribution >= 4 is 17.2 Å². The summed E-state index contributed by atoms with van der Waals surface area (Å²) in [5.41, 5.74) is 1.76. The summed E-state index contributed by atoms with van der Waals surface area (Å²) < 4.78 is 1.75. The lowest BCUT2D eigenvalue weighted by Gasteiger charge is -1.94. The summed E-state index contributed by atoms with van der Waals surface area (Å²) in [5.74, 6) is 0.689. The van der Waals surface area contributed by atoms with Crippen LogP contribution >= 0.6 is 11.6 Å². The summed E-state index contributed by atoms with van der Waals surface area (Å²) in [6.45, 7) is 0. The van der Waals surface area contributed by atoms with Gasteiger partial charge in [-0.25, -0.2) is 9.50 Å². The van der Waals surface area contributed by atoms with E-state index in [9.17, 15) is 0 Å². The zero-order valence-electron chi connectivity index (χ0n) is 8.34. The van der Waals surface area contributed by atoms with Gasteiger partial charge in [-0.3, -0.25) is 0 Å². The molecule has 0 bridgehead atoms. The standard InChI is InChI=1S/C12H8ClN3/c13-10-5-3-4-9(8-10)12-14-11-6-1-2-7-16(11)15-12/h1-8H. The van der Waals surface area contributed by atoms with E-state index >= 15 is 0 Å². The van der Waals surface area contributed by atoms with E-state index in [0.717, 1.165) is 11.2 Å². The fourth-order valence-electron chi connectivity index (χ4n) is 1.58. The lowest BCUT2D eigenvalue weighted by atomic mass is 10.2. The molecule has 4 heteroatoms. The summed E-state index contributed by atoms with van der Waals surface area (Å²) in [6, 6.07) is 13.3. The van der Waals surface area contributed by atoms with Crippen molar-refractivity contribution in [2.75, 3.05) is 0 Å². The highest BCUT2D eigenvalue weighted by Gasteiger charge is 2.05. The number of pyridine rings is 1. The van der Waals surface area contributed by atoms with Crippen molar-refractivity contribution in [2.24, 2.45) is 0 Å². The van der Waals surface area contributed by atoms with Crippen LogP contribution in [0.3, 0.4) is 0 Å². The Bertz CT molecular complexity index is 612. The van der Waals surface area contributed by atoms with Gasteiger partial charge in [0.2, 0.25) is 0 Å². The predicted octanol–water partition coefficient (Wildman–Crippen LogP) is 3.05. The molecule has 0 amide bonds. The smallest absolute Gasteiger partial charge is 0.182 e. The van der Waals surface area contributed by atoms with E-state index in [-0.39, 0.29) is 0 Å². The molecular weight excluding hydrogens is 222 g/mol. The normalized spacial score (nSPS) is 10.8. The molecule has 0 fully saturated rings. The second-order valence-electron chi connectivity index (χ2n) is 3.45. The van der Waals surface area contributed by atoms with Gasteiger partial charge in [0, 0.05) is 16.8 Å². The van der Waals surface area contributed by atoms with Crippen LogP contribution in [0.4, 0.5) is 0 Å². The molecule has 2 aromatic heterocycles. The minimum absolute atomic E-state index is 0.689. The molecule has 0 saturated heterocycles. The Balaban J connectivity index is 2.19. The fourth-order valence-corrected chi connectivity index (χ4v) is 1.77. The maximum absolute atomic E-state index is 5.93. The quantitative estimate of drug-likeness (QED) is 0.642. The molecule has 0 saturated carbocycles. The predicted molar refractivity (Wildman–Crippen MR) is 63.4 cm³/mol. The van der Waals surface area contributed by atoms with Crippen molar-refractivity contribution in [3.8, 4) is 11.4 Å². The van der Waals surface area contributed by atoms with Gasteiger partial charge in [0.15, 0.2) is 11.5 Å². The van der Waals surface area contributed by atoms with Crippen LogP contribution in [0.25, 0.3) is 17.0 Å². The first-order valence-corrected chi connectivity index (χ1v) is 5.28. The van der Waals surface area contributed by atoms with Crippen LogP contribution in [0.2, 0.25) is 5.02 Å². The van der Waals surface area contributed by atoms with Crippen LogP contribution < -0.4 is 0 Å². The molecule has 0 N–H and O–H groups in total. The topological polar surface area (TPSA) is 30.2 Å². The van der Waals surface area contributed by atoms with Crippen LogP contribution in [0, 0.1) is 0 Å². The molecule has 0 spiro atoms. The lowest BCUT2D eigenvalue weighted by molar-refractivity contribution is 0.966. The first-order chi connectivity index (χ1) is 7.83. The Morgan fingerprint density at radius 1 is 1.06 bits per heavy atom. The Morgan fingerprint density at radius 3 is 2.81 bits per heavy atom. The van der Waals surface area contributed by atoms with E-state index < -0.39 is 0 Å². The Kier molecular flexibility index (Phi) is 2.11. The van der Waals surface area contributed by atoms with Gasteiger partial charge >= 0.3 is 0 Å². The van der Waals surface area contributed by atoms with E-state index in [4.69, 9.17) is 11.6 Å². The molecule has 78 valence electrons. The molecule has 3 aromatic rings. The maximum atomic E-state index is 5.93. The van der Waals surface area contributed by atoms with Gasteiger partial charge in [-0.05, 0) is 24.3 Å². The van der Waals surface area contributed by atoms with E-state index in [1.165, 1.54) is 0 Å². The minimum Gasteiger partial charge on any atom is -0.221 e. The minimum atomic E-state index is 0.689. The summed E-state index contributed by atoms with van der Waals surface area (Å²) in [6.07, 6.45) is 1.87. The molecule has 0 atom stereocenters. The first-order valence-electron chi connectivity index (χ1n) is 4.90. The van der Waals surface area contributed by atoms with Crippen LogP contribution in [-0.2, 0) is 0 Å². The highest BCUT2D eigenvalue weighted by molar-refractivity contribution is 6.30. The molecule has 3 rings (SSSR count). The maximum Gasteiger partial charge on any atom is 0.182 e. The molecular formula is C12H8ClN3. The molecule has 2 heterocycles. The van der Waals surface area contributed by atoms with Crippen molar-refractivity contribution < 1.29 is 0 Å². The molecule has 0 aliphatic carbocycles. The van der Waals surface area contributed by atoms with E-state index in [1.807, 2.05) is 48.7 Å². The largest absolute Gasteiger partial charge is 0.221 e. The van der Waals surface area contributed by atoms with Crippen molar-refractivity contribution in [2.45, 2.75) is 0 Å². The first kappa shape index (κ1) is 9.36. The summed E-state index contributed by atoms with van der Waals surface area (Å²) >= 11 is 5.93. The average Bonchev–Trinajstić information content (AvgIpc) is 2.72.